The van der Waals surface area contributed by atoms with Crippen molar-refractivity contribution in [2.45, 2.75) is 25.8 Å². The van der Waals surface area contributed by atoms with Crippen molar-refractivity contribution < 1.29 is 0 Å². The van der Waals surface area contributed by atoms with Gasteiger partial charge in [0, 0.05) is 37.2 Å². The van der Waals surface area contributed by atoms with Crippen LogP contribution in [0.2, 0.25) is 5.02 Å². The first kappa shape index (κ1) is 19.0. The van der Waals surface area contributed by atoms with E-state index in [-0.39, 0.29) is 24.8 Å². The molecular weight excluding hydrogens is 303 g/mol. The van der Waals surface area contributed by atoms with E-state index < -0.39 is 0 Å². The second-order valence-electron chi connectivity index (χ2n) is 4.61. The van der Waals surface area contributed by atoms with Crippen molar-refractivity contribution in [3.05, 3.63) is 34.9 Å². The van der Waals surface area contributed by atoms with Crippen molar-refractivity contribution >= 4 is 36.4 Å². The molecule has 19 heavy (non-hydrogen) atoms. The Labute approximate surface area is 133 Å². The number of nitrogens with zero attached hydrogens (tertiary/aromatic N) is 1. The molecular formula is C14H23Cl3N2. The highest BCUT2D eigenvalue weighted by Gasteiger charge is 2.22. The molecule has 1 aliphatic rings. The summed E-state index contributed by atoms with van der Waals surface area (Å²) in [6.45, 7) is 6.66. The predicted molar refractivity (Wildman–Crippen MR) is 88.0 cm³/mol. The Morgan fingerprint density at radius 1 is 1.21 bits per heavy atom. The molecule has 1 atom stereocenters. The van der Waals surface area contributed by atoms with Crippen molar-refractivity contribution in [1.29, 1.82) is 0 Å². The van der Waals surface area contributed by atoms with Crippen LogP contribution in [0.15, 0.2) is 24.3 Å². The van der Waals surface area contributed by atoms with Crippen LogP contribution in [0.5, 0.6) is 0 Å². The third-order valence-corrected chi connectivity index (χ3v) is 3.76. The van der Waals surface area contributed by atoms with Gasteiger partial charge in [-0.15, -0.1) is 24.8 Å². The van der Waals surface area contributed by atoms with Crippen LogP contribution in [-0.4, -0.2) is 31.1 Å². The molecule has 1 aromatic carbocycles. The minimum absolute atomic E-state index is 0. The van der Waals surface area contributed by atoms with Crippen LogP contribution in [-0.2, 0) is 0 Å². The molecule has 1 aliphatic heterocycles. The normalized spacial score (nSPS) is 17.2. The maximum Gasteiger partial charge on any atom is 0.0453 e. The highest BCUT2D eigenvalue weighted by Crippen LogP contribution is 2.31. The molecule has 1 fully saturated rings. The lowest BCUT2D eigenvalue weighted by Gasteiger charge is -2.35. The number of hydrogen-bond acceptors (Lipinski definition) is 2. The molecule has 0 aliphatic carbocycles. The highest BCUT2D eigenvalue weighted by atomic mass is 35.5. The molecule has 0 radical (unpaired) electrons. The molecule has 0 bridgehead atoms. The van der Waals surface area contributed by atoms with Gasteiger partial charge in [0.15, 0.2) is 0 Å². The fourth-order valence-electron chi connectivity index (χ4n) is 2.55. The topological polar surface area (TPSA) is 15.3 Å². The van der Waals surface area contributed by atoms with Crippen LogP contribution in [0.25, 0.3) is 0 Å². The number of halogens is 3. The van der Waals surface area contributed by atoms with Gasteiger partial charge in [0.25, 0.3) is 0 Å². The number of benzene rings is 1. The first-order valence-corrected chi connectivity index (χ1v) is 6.90. The summed E-state index contributed by atoms with van der Waals surface area (Å²) < 4.78 is 0. The fourth-order valence-corrected chi connectivity index (χ4v) is 2.81. The number of hydrogen-bond donors (Lipinski definition) is 1. The molecule has 1 aromatic rings. The molecule has 1 N–H and O–H groups in total. The van der Waals surface area contributed by atoms with Gasteiger partial charge in [-0.2, -0.15) is 0 Å². The summed E-state index contributed by atoms with van der Waals surface area (Å²) in [4.78, 5) is 2.56. The summed E-state index contributed by atoms with van der Waals surface area (Å²) in [7, 11) is 0. The van der Waals surface area contributed by atoms with Crippen LogP contribution in [0.3, 0.4) is 0 Å². The first-order chi connectivity index (χ1) is 8.33. The predicted octanol–water partition coefficient (Wildman–Crippen LogP) is 3.93. The van der Waals surface area contributed by atoms with Crippen molar-refractivity contribution in [3.8, 4) is 0 Å². The molecule has 1 heterocycles. The van der Waals surface area contributed by atoms with E-state index in [1.807, 2.05) is 12.1 Å². The van der Waals surface area contributed by atoms with Gasteiger partial charge in [0.05, 0.1) is 0 Å². The van der Waals surface area contributed by atoms with Crippen LogP contribution in [0.1, 0.15) is 31.4 Å². The second kappa shape index (κ2) is 9.84. The van der Waals surface area contributed by atoms with Gasteiger partial charge in [-0.1, -0.05) is 43.1 Å². The van der Waals surface area contributed by atoms with Gasteiger partial charge in [0.1, 0.15) is 0 Å². The average molecular weight is 326 g/mol. The van der Waals surface area contributed by atoms with E-state index in [1.54, 1.807) is 0 Å². The van der Waals surface area contributed by atoms with Crippen molar-refractivity contribution in [3.63, 3.8) is 0 Å². The Hall–Kier alpha value is 0.01000. The van der Waals surface area contributed by atoms with Crippen LogP contribution in [0.4, 0.5) is 0 Å². The maximum absolute atomic E-state index is 6.33. The summed E-state index contributed by atoms with van der Waals surface area (Å²) >= 11 is 6.33. The zero-order valence-corrected chi connectivity index (χ0v) is 13.7. The smallest absolute Gasteiger partial charge is 0.0453 e. The Morgan fingerprint density at radius 2 is 1.84 bits per heavy atom. The Morgan fingerprint density at radius 3 is 2.42 bits per heavy atom. The SMILES string of the molecule is CCC[C@H](c1ccccc1Cl)N1CCNCC1.Cl.Cl. The van der Waals surface area contributed by atoms with Crippen LogP contribution < -0.4 is 5.32 Å². The van der Waals surface area contributed by atoms with E-state index in [4.69, 9.17) is 11.6 Å². The van der Waals surface area contributed by atoms with E-state index in [2.05, 4.69) is 29.3 Å². The standard InChI is InChI=1S/C14H21ClN2.2ClH/c1-2-5-14(17-10-8-16-9-11-17)12-6-3-4-7-13(12)15;;/h3-4,6-7,14,16H,2,5,8-11H2,1H3;2*1H/t14-;;/m1../s1. The minimum atomic E-state index is 0. The maximum atomic E-state index is 6.33. The third-order valence-electron chi connectivity index (χ3n) is 3.42. The van der Waals surface area contributed by atoms with Gasteiger partial charge in [-0.3, -0.25) is 4.90 Å². The molecule has 0 aromatic heterocycles. The molecule has 0 unspecified atom stereocenters. The highest BCUT2D eigenvalue weighted by molar-refractivity contribution is 6.31. The van der Waals surface area contributed by atoms with E-state index in [9.17, 15) is 0 Å². The number of piperazine rings is 1. The molecule has 110 valence electrons. The molecule has 0 saturated carbocycles. The zero-order chi connectivity index (χ0) is 12.1. The Kier molecular flexibility index (Phi) is 9.85. The molecule has 5 heteroatoms. The van der Waals surface area contributed by atoms with Crippen LogP contribution in [0, 0.1) is 0 Å². The lowest BCUT2D eigenvalue weighted by Crippen LogP contribution is -2.45. The number of rotatable bonds is 4. The monoisotopic (exact) mass is 324 g/mol. The lowest BCUT2D eigenvalue weighted by atomic mass is 10.00. The van der Waals surface area contributed by atoms with Crippen LogP contribution >= 0.6 is 36.4 Å². The van der Waals surface area contributed by atoms with E-state index in [0.717, 1.165) is 31.2 Å². The molecule has 2 nitrogen and oxygen atoms in total. The van der Waals surface area contributed by atoms with Gasteiger partial charge in [0.2, 0.25) is 0 Å². The Balaban J connectivity index is 0.00000162. The fraction of sp³-hybridized carbons (Fsp3) is 0.571. The summed E-state index contributed by atoms with van der Waals surface area (Å²) in [5.41, 5.74) is 1.29. The molecule has 0 spiro atoms. The second-order valence-corrected chi connectivity index (χ2v) is 5.02. The summed E-state index contributed by atoms with van der Waals surface area (Å²) in [6.07, 6.45) is 2.38. The largest absolute Gasteiger partial charge is 0.314 e. The van der Waals surface area contributed by atoms with Gasteiger partial charge < -0.3 is 5.32 Å². The van der Waals surface area contributed by atoms with Crippen molar-refractivity contribution in [2.24, 2.45) is 0 Å². The summed E-state index contributed by atoms with van der Waals surface area (Å²) in [5.74, 6) is 0. The first-order valence-electron chi connectivity index (χ1n) is 6.52. The van der Waals surface area contributed by atoms with Crippen molar-refractivity contribution in [1.82, 2.24) is 10.2 Å². The number of nitrogens with one attached hydrogen (secondary N) is 1. The summed E-state index contributed by atoms with van der Waals surface area (Å²) in [5, 5.41) is 4.31. The van der Waals surface area contributed by atoms with Crippen molar-refractivity contribution in [2.75, 3.05) is 26.2 Å². The lowest BCUT2D eigenvalue weighted by molar-refractivity contribution is 0.164. The van der Waals surface area contributed by atoms with Gasteiger partial charge in [-0.25, -0.2) is 0 Å². The van der Waals surface area contributed by atoms with Gasteiger partial charge >= 0.3 is 0 Å². The average Bonchev–Trinajstić information content (AvgIpc) is 2.38. The molecule has 0 amide bonds. The summed E-state index contributed by atoms with van der Waals surface area (Å²) in [6, 6.07) is 8.75. The minimum Gasteiger partial charge on any atom is -0.314 e. The van der Waals surface area contributed by atoms with E-state index in [1.165, 1.54) is 18.4 Å². The molecule has 1 saturated heterocycles. The Bertz CT molecular complexity index is 354. The van der Waals surface area contributed by atoms with E-state index >= 15 is 0 Å². The van der Waals surface area contributed by atoms with E-state index in [0.29, 0.717) is 6.04 Å². The molecule has 2 rings (SSSR count). The van der Waals surface area contributed by atoms with Gasteiger partial charge in [-0.05, 0) is 18.1 Å². The zero-order valence-electron chi connectivity index (χ0n) is 11.3. The third kappa shape index (κ3) is 5.13. The quantitative estimate of drug-likeness (QED) is 0.902.